The second-order valence-corrected chi connectivity index (χ2v) is 7.46. The van der Waals surface area contributed by atoms with E-state index < -0.39 is 0 Å². The van der Waals surface area contributed by atoms with Crippen molar-refractivity contribution in [3.63, 3.8) is 0 Å². The van der Waals surface area contributed by atoms with Gasteiger partial charge >= 0.3 is 0 Å². The highest BCUT2D eigenvalue weighted by atomic mass is 16.5. The smallest absolute Gasteiger partial charge is 0.251 e. The molecular weight excluding hydrogens is 290 g/mol. The van der Waals surface area contributed by atoms with Gasteiger partial charge < -0.3 is 10.1 Å². The van der Waals surface area contributed by atoms with Crippen molar-refractivity contribution in [1.82, 2.24) is 15.2 Å². The van der Waals surface area contributed by atoms with Crippen LogP contribution in [0.5, 0.6) is 0 Å². The molecule has 2 aliphatic heterocycles. The van der Waals surface area contributed by atoms with Crippen molar-refractivity contribution in [2.75, 3.05) is 32.8 Å². The molecule has 1 aliphatic carbocycles. The van der Waals surface area contributed by atoms with E-state index in [0.29, 0.717) is 18.0 Å². The van der Waals surface area contributed by atoms with Gasteiger partial charge in [-0.25, -0.2) is 0 Å². The quantitative estimate of drug-likeness (QED) is 0.898. The van der Waals surface area contributed by atoms with Crippen LogP contribution in [0, 0.1) is 11.8 Å². The van der Waals surface area contributed by atoms with Gasteiger partial charge in [-0.2, -0.15) is 0 Å². The van der Waals surface area contributed by atoms with E-state index >= 15 is 0 Å². The molecule has 3 aliphatic rings. The molecule has 1 amide bonds. The highest BCUT2D eigenvalue weighted by Gasteiger charge is 2.47. The first-order chi connectivity index (χ1) is 11.2. The molecule has 3 heterocycles. The van der Waals surface area contributed by atoms with Crippen LogP contribution in [0.3, 0.4) is 0 Å². The van der Waals surface area contributed by atoms with Crippen LogP contribution in [0.25, 0.3) is 0 Å². The molecule has 3 fully saturated rings. The highest BCUT2D eigenvalue weighted by Crippen LogP contribution is 2.39. The van der Waals surface area contributed by atoms with Crippen molar-refractivity contribution in [2.24, 2.45) is 11.8 Å². The second-order valence-electron chi connectivity index (χ2n) is 7.46. The van der Waals surface area contributed by atoms with Crippen LogP contribution in [-0.2, 0) is 4.74 Å². The standard InChI is InChI=1S/C18H25N3O2/c22-17(16-4-7-19-8-5-16)20-9-15-3-6-18(23-11-15)12-21(13-18)10-14-1-2-14/h4-5,7-8,14-15H,1-3,6,9-13H2,(H,20,22). The van der Waals surface area contributed by atoms with Crippen LogP contribution < -0.4 is 5.32 Å². The number of hydrogen-bond acceptors (Lipinski definition) is 4. The molecule has 23 heavy (non-hydrogen) atoms. The maximum absolute atomic E-state index is 12.0. The minimum absolute atomic E-state index is 0.0214. The predicted octanol–water partition coefficient (Wildman–Crippen LogP) is 1.70. The number of rotatable bonds is 5. The topological polar surface area (TPSA) is 54.5 Å². The number of ether oxygens (including phenoxy) is 1. The van der Waals surface area contributed by atoms with Gasteiger partial charge in [0.15, 0.2) is 0 Å². The van der Waals surface area contributed by atoms with Crippen molar-refractivity contribution < 1.29 is 9.53 Å². The summed E-state index contributed by atoms with van der Waals surface area (Å²) >= 11 is 0. The first-order valence-electron chi connectivity index (χ1n) is 8.77. The zero-order chi connectivity index (χ0) is 15.7. The summed E-state index contributed by atoms with van der Waals surface area (Å²) in [5.74, 6) is 1.38. The molecule has 1 unspecified atom stereocenters. The Kier molecular flexibility index (Phi) is 4.07. The Bertz CT molecular complexity index is 543. The van der Waals surface area contributed by atoms with Crippen LogP contribution in [0.1, 0.15) is 36.0 Å². The molecule has 0 aromatic carbocycles. The fourth-order valence-electron chi connectivity index (χ4n) is 3.73. The minimum atomic E-state index is -0.0214. The van der Waals surface area contributed by atoms with Crippen LogP contribution in [-0.4, -0.2) is 54.2 Å². The second kappa shape index (κ2) is 6.21. The van der Waals surface area contributed by atoms with Gasteiger partial charge in [0.25, 0.3) is 5.91 Å². The maximum atomic E-state index is 12.0. The molecule has 4 rings (SSSR count). The lowest BCUT2D eigenvalue weighted by molar-refractivity contribution is -0.179. The van der Waals surface area contributed by atoms with Gasteiger partial charge in [0, 0.05) is 44.1 Å². The summed E-state index contributed by atoms with van der Waals surface area (Å²) in [6, 6.07) is 3.48. The molecule has 1 aromatic heterocycles. The Labute approximate surface area is 137 Å². The van der Waals surface area contributed by atoms with E-state index in [1.807, 2.05) is 0 Å². The van der Waals surface area contributed by atoms with Crippen LogP contribution in [0.15, 0.2) is 24.5 Å². The van der Waals surface area contributed by atoms with E-state index in [2.05, 4.69) is 15.2 Å². The monoisotopic (exact) mass is 315 g/mol. The molecule has 1 aromatic rings. The van der Waals surface area contributed by atoms with E-state index in [1.54, 1.807) is 24.5 Å². The van der Waals surface area contributed by atoms with Crippen molar-refractivity contribution >= 4 is 5.91 Å². The van der Waals surface area contributed by atoms with Crippen LogP contribution in [0.4, 0.5) is 0 Å². The first kappa shape index (κ1) is 15.1. The number of hydrogen-bond donors (Lipinski definition) is 1. The lowest BCUT2D eigenvalue weighted by atomic mass is 9.83. The third-order valence-electron chi connectivity index (χ3n) is 5.36. The third-order valence-corrected chi connectivity index (χ3v) is 5.36. The molecule has 124 valence electrons. The Morgan fingerprint density at radius 1 is 1.26 bits per heavy atom. The van der Waals surface area contributed by atoms with Crippen molar-refractivity contribution in [3.8, 4) is 0 Å². The lowest BCUT2D eigenvalue weighted by Crippen LogP contribution is -2.65. The summed E-state index contributed by atoms with van der Waals surface area (Å²) in [6.07, 6.45) is 8.41. The average molecular weight is 315 g/mol. The summed E-state index contributed by atoms with van der Waals surface area (Å²) < 4.78 is 6.18. The number of amides is 1. The normalized spacial score (nSPS) is 26.7. The fraction of sp³-hybridized carbons (Fsp3) is 0.667. The van der Waals surface area contributed by atoms with Gasteiger partial charge in [-0.1, -0.05) is 0 Å². The van der Waals surface area contributed by atoms with Crippen LogP contribution in [0.2, 0.25) is 0 Å². The molecule has 1 N–H and O–H groups in total. The SMILES string of the molecule is O=C(NCC1CCC2(CN(CC3CC3)C2)OC1)c1ccncc1. The molecule has 5 heteroatoms. The van der Waals surface area contributed by atoms with E-state index in [0.717, 1.165) is 38.5 Å². The summed E-state index contributed by atoms with van der Waals surface area (Å²) in [5, 5.41) is 3.02. The van der Waals surface area contributed by atoms with Gasteiger partial charge in [-0.05, 0) is 49.7 Å². The maximum Gasteiger partial charge on any atom is 0.251 e. The Hall–Kier alpha value is -1.46. The summed E-state index contributed by atoms with van der Waals surface area (Å²) in [5.41, 5.74) is 0.795. The van der Waals surface area contributed by atoms with E-state index in [1.165, 1.54) is 19.4 Å². The highest BCUT2D eigenvalue weighted by molar-refractivity contribution is 5.93. The van der Waals surface area contributed by atoms with E-state index in [9.17, 15) is 4.79 Å². The predicted molar refractivity (Wildman–Crippen MR) is 87.1 cm³/mol. The molecular formula is C18H25N3O2. The molecule has 1 spiro atoms. The van der Waals surface area contributed by atoms with Gasteiger partial charge in [0.05, 0.1) is 12.2 Å². The Balaban J connectivity index is 1.18. The number of likely N-dealkylation sites (tertiary alicyclic amines) is 1. The summed E-state index contributed by atoms with van der Waals surface area (Å²) in [6.45, 7) is 4.96. The number of pyridine rings is 1. The zero-order valence-corrected chi connectivity index (χ0v) is 13.5. The lowest BCUT2D eigenvalue weighted by Gasteiger charge is -2.53. The number of carbonyl (C=O) groups is 1. The average Bonchev–Trinajstić information content (AvgIpc) is 3.37. The number of nitrogens with one attached hydrogen (secondary N) is 1. The number of nitrogens with zero attached hydrogens (tertiary/aromatic N) is 2. The molecule has 1 saturated carbocycles. The van der Waals surface area contributed by atoms with E-state index in [4.69, 9.17) is 4.74 Å². The number of carbonyl (C=O) groups excluding carboxylic acids is 1. The van der Waals surface area contributed by atoms with Gasteiger partial charge in [-0.3, -0.25) is 14.7 Å². The molecule has 1 atom stereocenters. The van der Waals surface area contributed by atoms with Crippen molar-refractivity contribution in [2.45, 2.75) is 31.3 Å². The Morgan fingerprint density at radius 3 is 2.70 bits per heavy atom. The largest absolute Gasteiger partial charge is 0.372 e. The molecule has 5 nitrogen and oxygen atoms in total. The van der Waals surface area contributed by atoms with Gasteiger partial charge in [0.1, 0.15) is 0 Å². The first-order valence-corrected chi connectivity index (χ1v) is 8.77. The van der Waals surface area contributed by atoms with Crippen molar-refractivity contribution in [3.05, 3.63) is 30.1 Å². The molecule has 2 saturated heterocycles. The van der Waals surface area contributed by atoms with Gasteiger partial charge in [0.2, 0.25) is 0 Å². The summed E-state index contributed by atoms with van der Waals surface area (Å²) in [4.78, 5) is 18.5. The summed E-state index contributed by atoms with van der Waals surface area (Å²) in [7, 11) is 0. The van der Waals surface area contributed by atoms with Gasteiger partial charge in [-0.15, -0.1) is 0 Å². The number of aromatic nitrogens is 1. The van der Waals surface area contributed by atoms with Crippen molar-refractivity contribution in [1.29, 1.82) is 0 Å². The molecule has 0 radical (unpaired) electrons. The van der Waals surface area contributed by atoms with E-state index in [-0.39, 0.29) is 11.5 Å². The zero-order valence-electron chi connectivity index (χ0n) is 13.5. The van der Waals surface area contributed by atoms with Crippen LogP contribution >= 0.6 is 0 Å². The fourth-order valence-corrected chi connectivity index (χ4v) is 3.73. The third kappa shape index (κ3) is 3.56. The minimum Gasteiger partial charge on any atom is -0.372 e. The molecule has 0 bridgehead atoms. The Morgan fingerprint density at radius 2 is 2.04 bits per heavy atom.